The van der Waals surface area contributed by atoms with Crippen LogP contribution in [0.25, 0.3) is 0 Å². The number of esters is 3. The average molecular weight is 820 g/mol. The molecule has 0 radical (unpaired) electrons. The number of benzene rings is 1. The second-order valence-corrected chi connectivity index (χ2v) is 17.1. The Morgan fingerprint density at radius 3 is 2.26 bits per heavy atom. The van der Waals surface area contributed by atoms with E-state index >= 15 is 0 Å². The zero-order valence-electron chi connectivity index (χ0n) is 33.9. The summed E-state index contributed by atoms with van der Waals surface area (Å²) >= 11 is 6.21. The number of aliphatic hydroxyl groups excluding tert-OH is 3. The van der Waals surface area contributed by atoms with Gasteiger partial charge in [0.15, 0.2) is 17.5 Å². The van der Waals surface area contributed by atoms with Crippen molar-refractivity contribution in [2.75, 3.05) is 13.2 Å². The van der Waals surface area contributed by atoms with Crippen LogP contribution in [0.5, 0.6) is 0 Å². The Labute approximate surface area is 337 Å². The third kappa shape index (κ3) is 9.07. The second kappa shape index (κ2) is 16.9. The summed E-state index contributed by atoms with van der Waals surface area (Å²) in [5.74, 6) is -6.31. The predicted octanol–water partition coefficient (Wildman–Crippen LogP) is 4.59. The van der Waals surface area contributed by atoms with E-state index in [-0.39, 0.29) is 40.3 Å². The highest BCUT2D eigenvalue weighted by Gasteiger charge is 2.69. The van der Waals surface area contributed by atoms with Crippen molar-refractivity contribution in [1.82, 2.24) is 5.32 Å². The van der Waals surface area contributed by atoms with Crippen LogP contribution in [0.1, 0.15) is 92.4 Å². The van der Waals surface area contributed by atoms with Gasteiger partial charge in [0.05, 0.1) is 24.1 Å². The van der Waals surface area contributed by atoms with Gasteiger partial charge in [-0.1, -0.05) is 43.2 Å². The molecule has 0 spiro atoms. The second-order valence-electron chi connectivity index (χ2n) is 16.6. The molecule has 5 N–H and O–H groups in total. The number of fused-ring (bicyclic) bond motifs is 2. The standard InChI is InChI=1S/C41H54ClNO14/c1-20(2)16-26(43-37(51)57-38(6,7)8)32(47)36(50)54-27-18-41(52)34(55-35(49)24-12-11-13-25(42)17-24)30(40(56-23(5)45)19-53-28(40)14-15-44)22(4)31(46)33(48)29(21(27)3)39(41,9)10/h11-13,16-17,26-28,30,32,34,44,46-47,52H,14-15,18-19H2,1-10H3,(H,43,51)/b31-22+/t26-,27-,28+,30+,32+,34-,40-,41+/m0/s1. The van der Waals surface area contributed by atoms with Gasteiger partial charge in [0.1, 0.15) is 29.5 Å². The molecule has 3 aliphatic rings. The molecule has 1 aliphatic heterocycles. The Morgan fingerprint density at radius 1 is 1.09 bits per heavy atom. The lowest BCUT2D eigenvalue weighted by Crippen LogP contribution is -2.73. The Kier molecular flexibility index (Phi) is 13.5. The lowest BCUT2D eigenvalue weighted by atomic mass is 9.53. The summed E-state index contributed by atoms with van der Waals surface area (Å²) in [5, 5.41) is 49.1. The molecule has 2 aliphatic carbocycles. The molecule has 1 amide bonds. The largest absolute Gasteiger partial charge is 0.504 e. The first kappa shape index (κ1) is 45.4. The Bertz CT molecular complexity index is 1870. The number of ketones is 1. The molecule has 15 nitrogen and oxygen atoms in total. The molecule has 1 fully saturated rings. The SMILES string of the molecule is CC(=O)O[C@@]1([C@@H]2/C(C)=C(/O)C(=O)C3=C(C)[C@@H](OC(=O)[C@H](O)[C@H](C=C(C)C)NC(=O)OC(C)(C)C)C[C@@](O)([C@H]2OC(=O)c2cccc(Cl)c2)C3(C)C)CO[C@@H]1CCO. The molecule has 0 aromatic heterocycles. The number of carbonyl (C=O) groups is 5. The van der Waals surface area contributed by atoms with Crippen LogP contribution in [0.15, 0.2) is 58.4 Å². The van der Waals surface area contributed by atoms with Crippen molar-refractivity contribution in [1.29, 1.82) is 0 Å². The maximum absolute atomic E-state index is 14.5. The molecule has 314 valence electrons. The van der Waals surface area contributed by atoms with E-state index in [1.165, 1.54) is 58.0 Å². The van der Waals surface area contributed by atoms with E-state index in [1.54, 1.807) is 34.6 Å². The number of nitrogens with one attached hydrogen (secondary N) is 1. The van der Waals surface area contributed by atoms with Crippen LogP contribution in [0, 0.1) is 11.3 Å². The fourth-order valence-corrected chi connectivity index (χ4v) is 8.25. The van der Waals surface area contributed by atoms with Crippen LogP contribution >= 0.6 is 11.6 Å². The van der Waals surface area contributed by atoms with E-state index in [9.17, 15) is 44.4 Å². The van der Waals surface area contributed by atoms with Gasteiger partial charge in [-0.15, -0.1) is 0 Å². The van der Waals surface area contributed by atoms with Crippen LogP contribution in [0.2, 0.25) is 5.02 Å². The third-order valence-electron chi connectivity index (χ3n) is 10.8. The smallest absolute Gasteiger partial charge is 0.408 e. The van der Waals surface area contributed by atoms with Gasteiger partial charge in [0.2, 0.25) is 5.78 Å². The minimum absolute atomic E-state index is 0.0263. The van der Waals surface area contributed by atoms with Crippen molar-refractivity contribution in [3.63, 3.8) is 0 Å². The molecule has 8 atom stereocenters. The summed E-state index contributed by atoms with van der Waals surface area (Å²) in [6.45, 7) is 14.5. The molecular weight excluding hydrogens is 766 g/mol. The first-order valence-electron chi connectivity index (χ1n) is 18.6. The van der Waals surface area contributed by atoms with Crippen LogP contribution < -0.4 is 5.32 Å². The van der Waals surface area contributed by atoms with Gasteiger partial charge in [-0.05, 0) is 77.8 Å². The summed E-state index contributed by atoms with van der Waals surface area (Å²) in [6.07, 6.45) is -6.50. The third-order valence-corrected chi connectivity index (χ3v) is 11.0. The van der Waals surface area contributed by atoms with Gasteiger partial charge in [-0.2, -0.15) is 0 Å². The quantitative estimate of drug-likeness (QED) is 0.117. The molecule has 1 saturated heterocycles. The molecule has 57 heavy (non-hydrogen) atoms. The Morgan fingerprint density at radius 2 is 1.74 bits per heavy atom. The predicted molar refractivity (Wildman–Crippen MR) is 205 cm³/mol. The zero-order valence-corrected chi connectivity index (χ0v) is 34.7. The Hall–Kier alpha value is -4.28. The van der Waals surface area contributed by atoms with Crippen LogP contribution in [0.3, 0.4) is 0 Å². The lowest BCUT2D eigenvalue weighted by molar-refractivity contribution is -0.295. The molecule has 1 heterocycles. The number of allylic oxidation sites excluding steroid dienone is 2. The van der Waals surface area contributed by atoms with E-state index in [0.29, 0.717) is 5.57 Å². The number of Topliss-reactive ketones (excluding diaryl/α,β-unsaturated/α-hetero) is 1. The number of amides is 1. The van der Waals surface area contributed by atoms with Crippen molar-refractivity contribution in [2.45, 2.75) is 129 Å². The van der Waals surface area contributed by atoms with Crippen LogP contribution in [-0.4, -0.2) is 111 Å². The lowest BCUT2D eigenvalue weighted by Gasteiger charge is -2.60. The van der Waals surface area contributed by atoms with Crippen LogP contribution in [-0.2, 0) is 38.1 Å². The number of aliphatic hydroxyl groups is 4. The minimum Gasteiger partial charge on any atom is -0.504 e. The fourth-order valence-electron chi connectivity index (χ4n) is 8.06. The highest BCUT2D eigenvalue weighted by atomic mass is 35.5. The molecule has 1 aromatic carbocycles. The van der Waals surface area contributed by atoms with Gasteiger partial charge in [0, 0.05) is 42.4 Å². The number of halogens is 1. The average Bonchev–Trinajstić information content (AvgIpc) is 3.08. The van der Waals surface area contributed by atoms with Crippen LogP contribution in [0.4, 0.5) is 4.79 Å². The van der Waals surface area contributed by atoms with Gasteiger partial charge < -0.3 is 49.4 Å². The monoisotopic (exact) mass is 819 g/mol. The molecular formula is C41H54ClNO14. The topological polar surface area (TPSA) is 224 Å². The number of hydrogen-bond acceptors (Lipinski definition) is 14. The van der Waals surface area contributed by atoms with E-state index in [0.717, 1.165) is 6.92 Å². The molecule has 2 bridgehead atoms. The highest BCUT2D eigenvalue weighted by molar-refractivity contribution is 6.30. The first-order chi connectivity index (χ1) is 26.3. The molecule has 0 saturated carbocycles. The van der Waals surface area contributed by atoms with Crippen molar-refractivity contribution >= 4 is 41.4 Å². The molecule has 0 unspecified atom stereocenters. The maximum atomic E-state index is 14.5. The number of rotatable bonds is 11. The van der Waals surface area contributed by atoms with Gasteiger partial charge in [-0.3, -0.25) is 9.59 Å². The fraction of sp³-hybridized carbons (Fsp3) is 0.585. The summed E-state index contributed by atoms with van der Waals surface area (Å²) < 4.78 is 29.2. The number of hydrogen-bond donors (Lipinski definition) is 5. The van der Waals surface area contributed by atoms with Gasteiger partial charge >= 0.3 is 24.0 Å². The molecule has 16 heteroatoms. The number of ether oxygens (including phenoxy) is 5. The normalized spacial score (nSPS) is 29.4. The minimum atomic E-state index is -2.38. The molecule has 4 rings (SSSR count). The summed E-state index contributed by atoms with van der Waals surface area (Å²) in [7, 11) is 0. The van der Waals surface area contributed by atoms with Crippen molar-refractivity contribution in [3.05, 3.63) is 69.0 Å². The molecule has 1 aromatic rings. The number of carbonyl (C=O) groups excluding carboxylic acids is 5. The van der Waals surface area contributed by atoms with Gasteiger partial charge in [0.25, 0.3) is 0 Å². The Balaban J connectivity index is 1.93. The maximum Gasteiger partial charge on any atom is 0.408 e. The first-order valence-corrected chi connectivity index (χ1v) is 19.0. The van der Waals surface area contributed by atoms with E-state index in [1.807, 2.05) is 0 Å². The van der Waals surface area contributed by atoms with Crippen molar-refractivity contribution in [2.24, 2.45) is 11.3 Å². The van der Waals surface area contributed by atoms with E-state index in [2.05, 4.69) is 5.32 Å². The van der Waals surface area contributed by atoms with Crippen molar-refractivity contribution in [3.8, 4) is 0 Å². The van der Waals surface area contributed by atoms with E-state index in [4.69, 9.17) is 35.3 Å². The van der Waals surface area contributed by atoms with E-state index < -0.39 is 107 Å². The summed E-state index contributed by atoms with van der Waals surface area (Å²) in [5.41, 5.74) is -6.35. The highest BCUT2D eigenvalue weighted by Crippen LogP contribution is 2.58. The zero-order chi connectivity index (χ0) is 43.0. The van der Waals surface area contributed by atoms with Crippen molar-refractivity contribution < 1.29 is 68.1 Å². The summed E-state index contributed by atoms with van der Waals surface area (Å²) in [4.78, 5) is 67.9. The number of alkyl carbamates (subject to hydrolysis) is 1. The summed E-state index contributed by atoms with van der Waals surface area (Å²) in [6, 6.07) is 4.46. The van der Waals surface area contributed by atoms with Gasteiger partial charge in [-0.25, -0.2) is 14.4 Å².